The average molecular weight is 367 g/mol. The minimum atomic E-state index is -1.96. The van der Waals surface area contributed by atoms with Crippen molar-refractivity contribution in [1.29, 1.82) is 0 Å². The second-order valence-corrected chi connectivity index (χ2v) is 8.28. The van der Waals surface area contributed by atoms with Crippen LogP contribution in [0.5, 0.6) is 0 Å². The van der Waals surface area contributed by atoms with Crippen LogP contribution in [0.4, 0.5) is 0 Å². The Kier molecular flexibility index (Phi) is 6.28. The zero-order valence-corrected chi connectivity index (χ0v) is 16.1. The van der Waals surface area contributed by atoms with E-state index in [0.717, 1.165) is 56.7 Å². The van der Waals surface area contributed by atoms with Crippen molar-refractivity contribution < 1.29 is 13.5 Å². The average Bonchev–Trinajstić information content (AvgIpc) is 2.96. The summed E-state index contributed by atoms with van der Waals surface area (Å²) in [5, 5.41) is 0. The van der Waals surface area contributed by atoms with Crippen LogP contribution in [-0.2, 0) is 28.0 Å². The summed E-state index contributed by atoms with van der Waals surface area (Å²) >= 11 is -1.96. The fourth-order valence-corrected chi connectivity index (χ4v) is 4.57. The van der Waals surface area contributed by atoms with Gasteiger partial charge in [-0.2, -0.15) is 0 Å². The number of piperidine rings is 1. The SMILES string of the molecule is CCCCOCCN1CC2C(C1)C2(C)c1cccc(CNS(=O)O)c1. The summed E-state index contributed by atoms with van der Waals surface area (Å²) in [5.41, 5.74) is 2.69. The number of unbranched alkanes of at least 4 members (excludes halogenated alkanes) is 1. The maximum Gasteiger partial charge on any atom is 0.232 e. The highest BCUT2D eigenvalue weighted by Gasteiger charge is 2.65. The molecule has 0 bridgehead atoms. The maximum atomic E-state index is 10.8. The summed E-state index contributed by atoms with van der Waals surface area (Å²) < 4.78 is 27.9. The molecule has 0 aromatic heterocycles. The highest BCUT2D eigenvalue weighted by molar-refractivity contribution is 7.77. The topological polar surface area (TPSA) is 61.8 Å². The molecule has 1 aliphatic carbocycles. The lowest BCUT2D eigenvalue weighted by Gasteiger charge is -2.24. The van der Waals surface area contributed by atoms with Gasteiger partial charge in [0.1, 0.15) is 0 Å². The van der Waals surface area contributed by atoms with Crippen LogP contribution < -0.4 is 4.72 Å². The van der Waals surface area contributed by atoms with E-state index in [1.54, 1.807) is 0 Å². The number of hydrogen-bond acceptors (Lipinski definition) is 3. The van der Waals surface area contributed by atoms with E-state index in [1.807, 2.05) is 6.07 Å². The van der Waals surface area contributed by atoms with Crippen LogP contribution in [0.3, 0.4) is 0 Å². The van der Waals surface area contributed by atoms with Gasteiger partial charge in [-0.3, -0.25) is 4.55 Å². The first-order chi connectivity index (χ1) is 12.1. The van der Waals surface area contributed by atoms with Crippen LogP contribution in [0.1, 0.15) is 37.8 Å². The first-order valence-electron chi connectivity index (χ1n) is 9.29. The summed E-state index contributed by atoms with van der Waals surface area (Å²) in [6.07, 6.45) is 2.34. The zero-order chi connectivity index (χ0) is 17.9. The molecule has 1 saturated carbocycles. The number of nitrogens with zero attached hydrogens (tertiary/aromatic N) is 1. The van der Waals surface area contributed by atoms with Gasteiger partial charge in [-0.1, -0.05) is 44.5 Å². The molecule has 0 amide bonds. The number of rotatable bonds is 10. The molecular weight excluding hydrogens is 336 g/mol. The molecule has 140 valence electrons. The summed E-state index contributed by atoms with van der Waals surface area (Å²) in [4.78, 5) is 2.53. The molecule has 2 N–H and O–H groups in total. The Bertz CT molecular complexity index is 598. The summed E-state index contributed by atoms with van der Waals surface area (Å²) in [5.74, 6) is 1.44. The molecule has 1 aromatic rings. The molecule has 2 fully saturated rings. The van der Waals surface area contributed by atoms with Gasteiger partial charge in [0.05, 0.1) is 6.61 Å². The van der Waals surface area contributed by atoms with E-state index in [0.29, 0.717) is 6.54 Å². The van der Waals surface area contributed by atoms with Crippen molar-refractivity contribution in [3.8, 4) is 0 Å². The van der Waals surface area contributed by atoms with Gasteiger partial charge in [-0.05, 0) is 29.4 Å². The lowest BCUT2D eigenvalue weighted by atomic mass is 9.91. The van der Waals surface area contributed by atoms with Crippen molar-refractivity contribution in [2.45, 2.75) is 38.6 Å². The van der Waals surface area contributed by atoms with E-state index in [1.165, 1.54) is 12.0 Å². The van der Waals surface area contributed by atoms with E-state index >= 15 is 0 Å². The quantitative estimate of drug-likeness (QED) is 0.493. The molecule has 3 atom stereocenters. The van der Waals surface area contributed by atoms with Crippen molar-refractivity contribution in [3.05, 3.63) is 35.4 Å². The van der Waals surface area contributed by atoms with E-state index in [-0.39, 0.29) is 5.41 Å². The van der Waals surface area contributed by atoms with Crippen molar-refractivity contribution in [1.82, 2.24) is 9.62 Å². The van der Waals surface area contributed by atoms with E-state index in [4.69, 9.17) is 9.29 Å². The van der Waals surface area contributed by atoms with Crippen molar-refractivity contribution in [2.75, 3.05) is 32.8 Å². The number of fused-ring (bicyclic) bond motifs is 1. The Morgan fingerprint density at radius 2 is 2.12 bits per heavy atom. The van der Waals surface area contributed by atoms with Crippen molar-refractivity contribution in [2.24, 2.45) is 11.8 Å². The molecule has 0 spiro atoms. The Balaban J connectivity index is 1.50. The van der Waals surface area contributed by atoms with E-state index in [9.17, 15) is 4.21 Å². The third-order valence-corrected chi connectivity index (χ3v) is 6.36. The number of benzene rings is 1. The normalized spacial score (nSPS) is 29.6. The second kappa shape index (κ2) is 8.27. The minimum Gasteiger partial charge on any atom is -0.380 e. The molecule has 1 heterocycles. The maximum absolute atomic E-state index is 10.8. The van der Waals surface area contributed by atoms with Crippen molar-refractivity contribution >= 4 is 11.3 Å². The Labute approximate surface area is 153 Å². The largest absolute Gasteiger partial charge is 0.380 e. The molecule has 1 aromatic carbocycles. The predicted molar refractivity (Wildman–Crippen MR) is 101 cm³/mol. The van der Waals surface area contributed by atoms with Gasteiger partial charge in [-0.25, -0.2) is 8.93 Å². The predicted octanol–water partition coefficient (Wildman–Crippen LogP) is 2.55. The highest BCUT2D eigenvalue weighted by Crippen LogP contribution is 2.63. The van der Waals surface area contributed by atoms with Crippen LogP contribution in [0.25, 0.3) is 0 Å². The van der Waals surface area contributed by atoms with Crippen molar-refractivity contribution in [3.63, 3.8) is 0 Å². The standard InChI is InChI=1S/C19H30N2O3S/c1-3-4-9-24-10-8-21-13-17-18(14-21)19(17,2)16-7-5-6-15(11-16)12-20-25(22)23/h5-7,11,17-18,20H,3-4,8-10,12-14H2,1-2H3,(H,22,23). The van der Waals surface area contributed by atoms with Gasteiger partial charge in [0.15, 0.2) is 0 Å². The number of ether oxygens (including phenoxy) is 1. The molecule has 5 nitrogen and oxygen atoms in total. The highest BCUT2D eigenvalue weighted by atomic mass is 32.2. The van der Waals surface area contributed by atoms with Gasteiger partial charge in [0.2, 0.25) is 11.3 Å². The second-order valence-electron chi connectivity index (χ2n) is 7.49. The monoisotopic (exact) mass is 366 g/mol. The molecule has 6 heteroatoms. The first-order valence-corrected chi connectivity index (χ1v) is 10.4. The van der Waals surface area contributed by atoms with Crippen LogP contribution in [0.2, 0.25) is 0 Å². The Hall–Kier alpha value is -0.790. The van der Waals surface area contributed by atoms with Crippen LogP contribution in [0, 0.1) is 11.8 Å². The fourth-order valence-electron chi connectivity index (χ4n) is 4.28. The lowest BCUT2D eigenvalue weighted by molar-refractivity contribution is 0.103. The third-order valence-electron chi connectivity index (χ3n) is 5.97. The van der Waals surface area contributed by atoms with Gasteiger partial charge >= 0.3 is 0 Å². The summed E-state index contributed by atoms with van der Waals surface area (Å²) in [6.45, 7) is 10.1. The molecule has 3 rings (SSSR count). The summed E-state index contributed by atoms with van der Waals surface area (Å²) in [6, 6.07) is 8.46. The van der Waals surface area contributed by atoms with Gasteiger partial charge < -0.3 is 9.64 Å². The molecule has 0 radical (unpaired) electrons. The van der Waals surface area contributed by atoms with E-state index < -0.39 is 11.3 Å². The number of hydrogen-bond donors (Lipinski definition) is 2. The summed E-state index contributed by atoms with van der Waals surface area (Å²) in [7, 11) is 0. The molecule has 1 saturated heterocycles. The van der Waals surface area contributed by atoms with Crippen LogP contribution in [-0.4, -0.2) is 46.5 Å². The number of likely N-dealkylation sites (tertiary alicyclic amines) is 1. The van der Waals surface area contributed by atoms with Gasteiger partial charge in [0, 0.05) is 38.2 Å². The first kappa shape index (κ1) is 19.0. The smallest absolute Gasteiger partial charge is 0.232 e. The van der Waals surface area contributed by atoms with Gasteiger partial charge in [-0.15, -0.1) is 0 Å². The zero-order valence-electron chi connectivity index (χ0n) is 15.2. The van der Waals surface area contributed by atoms with Gasteiger partial charge in [0.25, 0.3) is 0 Å². The molecule has 1 aliphatic heterocycles. The lowest BCUT2D eigenvalue weighted by Crippen LogP contribution is -2.32. The Morgan fingerprint density at radius 3 is 2.80 bits per heavy atom. The van der Waals surface area contributed by atoms with Crippen LogP contribution >= 0.6 is 0 Å². The van der Waals surface area contributed by atoms with Crippen LogP contribution in [0.15, 0.2) is 24.3 Å². The fraction of sp³-hybridized carbons (Fsp3) is 0.684. The molecular formula is C19H30N2O3S. The molecule has 2 aliphatic rings. The van der Waals surface area contributed by atoms with E-state index in [2.05, 4.69) is 41.7 Å². The minimum absolute atomic E-state index is 0.258. The molecule has 3 unspecified atom stereocenters. The molecule has 25 heavy (non-hydrogen) atoms. The number of nitrogens with one attached hydrogen (secondary N) is 1. The third kappa shape index (κ3) is 4.31. The Morgan fingerprint density at radius 1 is 1.36 bits per heavy atom.